The first-order valence-electron chi connectivity index (χ1n) is 32.7. The van der Waals surface area contributed by atoms with E-state index in [2.05, 4.69) is 43.5 Å². The van der Waals surface area contributed by atoms with Gasteiger partial charge in [0.15, 0.2) is 12.6 Å². The highest BCUT2D eigenvalue weighted by Crippen LogP contribution is 2.30. The number of carbonyl (C=O) groups excluding carboxylic acids is 1. The molecule has 0 aromatic heterocycles. The van der Waals surface area contributed by atoms with E-state index in [9.17, 15) is 45.6 Å². The molecule has 464 valence electrons. The largest absolute Gasteiger partial charge is 0.394 e. The summed E-state index contributed by atoms with van der Waals surface area (Å²) in [6.45, 7) is 2.80. The highest BCUT2D eigenvalue weighted by Gasteiger charge is 2.51. The molecule has 0 saturated carbocycles. The Hall–Kier alpha value is -1.79. The van der Waals surface area contributed by atoms with Gasteiger partial charge in [-0.05, 0) is 44.9 Å². The van der Waals surface area contributed by atoms with E-state index in [4.69, 9.17) is 18.9 Å². The van der Waals surface area contributed by atoms with Gasteiger partial charge in [0.05, 0.1) is 32.0 Å². The third-order valence-corrected chi connectivity index (χ3v) is 16.1. The molecule has 2 aliphatic heterocycles. The van der Waals surface area contributed by atoms with Crippen LogP contribution in [0, 0.1) is 0 Å². The molecule has 12 atom stereocenters. The first-order chi connectivity index (χ1) is 38.6. The van der Waals surface area contributed by atoms with Crippen molar-refractivity contribution in [2.45, 2.75) is 351 Å². The second-order valence-corrected chi connectivity index (χ2v) is 23.2. The van der Waals surface area contributed by atoms with Gasteiger partial charge in [0.2, 0.25) is 5.91 Å². The first-order valence-corrected chi connectivity index (χ1v) is 32.7. The van der Waals surface area contributed by atoms with Crippen LogP contribution in [0.3, 0.4) is 0 Å². The van der Waals surface area contributed by atoms with E-state index in [-0.39, 0.29) is 18.9 Å². The zero-order valence-electron chi connectivity index (χ0n) is 50.1. The fourth-order valence-corrected chi connectivity index (χ4v) is 10.8. The van der Waals surface area contributed by atoms with Crippen molar-refractivity contribution >= 4 is 5.91 Å². The van der Waals surface area contributed by atoms with Crippen LogP contribution >= 0.6 is 0 Å². The van der Waals surface area contributed by atoms with Gasteiger partial charge in [0, 0.05) is 6.42 Å². The van der Waals surface area contributed by atoms with Crippen LogP contribution < -0.4 is 5.32 Å². The summed E-state index contributed by atoms with van der Waals surface area (Å²) < 4.78 is 22.8. The van der Waals surface area contributed by atoms with Crippen molar-refractivity contribution in [3.63, 3.8) is 0 Å². The molecule has 2 heterocycles. The van der Waals surface area contributed by atoms with E-state index in [0.29, 0.717) is 12.8 Å². The maximum atomic E-state index is 13.3. The van der Waals surface area contributed by atoms with Crippen molar-refractivity contribution in [3.8, 4) is 0 Å². The average molecular weight is 1120 g/mol. The molecule has 14 nitrogen and oxygen atoms in total. The summed E-state index contributed by atoms with van der Waals surface area (Å²) in [4.78, 5) is 13.3. The van der Waals surface area contributed by atoms with Crippen LogP contribution in [0.4, 0.5) is 0 Å². The summed E-state index contributed by atoms with van der Waals surface area (Å²) in [5.74, 6) is -0.248. The van der Waals surface area contributed by atoms with Crippen LogP contribution in [0.2, 0.25) is 0 Å². The minimum Gasteiger partial charge on any atom is -0.394 e. The Morgan fingerprint density at radius 3 is 1.24 bits per heavy atom. The Balaban J connectivity index is 1.71. The van der Waals surface area contributed by atoms with E-state index >= 15 is 0 Å². The Bertz CT molecular complexity index is 1460. The van der Waals surface area contributed by atoms with Crippen molar-refractivity contribution < 1.29 is 64.6 Å². The number of carbonyl (C=O) groups is 1. The predicted octanol–water partition coefficient (Wildman–Crippen LogP) is 12.2. The highest BCUT2D eigenvalue weighted by atomic mass is 16.7. The van der Waals surface area contributed by atoms with Crippen molar-refractivity contribution in [2.24, 2.45) is 0 Å². The zero-order valence-corrected chi connectivity index (χ0v) is 50.1. The Labute approximate surface area is 481 Å². The van der Waals surface area contributed by atoms with Gasteiger partial charge in [-0.25, -0.2) is 0 Å². The topological polar surface area (TPSA) is 228 Å². The SMILES string of the molecule is CCCCCCCCCC/C=C/CC/C=C/CC/C=C/C(O)C(COC1OC(CO)C(OC2OC(CO)C(O)C(O)C2O)C(O)C1O)NC(=O)CCCCCCCCCCCCCCCCCCCCCCCCCCCCC. The summed E-state index contributed by atoms with van der Waals surface area (Å²) in [7, 11) is 0. The van der Waals surface area contributed by atoms with Gasteiger partial charge < -0.3 is 65.1 Å². The Morgan fingerprint density at radius 2 is 0.810 bits per heavy atom. The number of ether oxygens (including phenoxy) is 4. The lowest BCUT2D eigenvalue weighted by molar-refractivity contribution is -0.359. The highest BCUT2D eigenvalue weighted by molar-refractivity contribution is 5.76. The quantitative estimate of drug-likeness (QED) is 0.0204. The zero-order chi connectivity index (χ0) is 57.4. The number of aliphatic hydroxyl groups is 8. The first kappa shape index (κ1) is 73.3. The molecule has 2 aliphatic rings. The maximum Gasteiger partial charge on any atom is 0.220 e. The molecule has 12 unspecified atom stereocenters. The van der Waals surface area contributed by atoms with Crippen LogP contribution in [-0.2, 0) is 23.7 Å². The standard InChI is InChI=1S/C65H121NO13/c1-3-5-7-9-11-13-15-17-19-21-23-24-25-26-27-28-29-30-31-33-35-37-39-41-43-45-47-49-57(70)66-53(54(69)48-46-44-42-40-38-36-34-32-22-20-18-16-14-12-10-8-6-4-2)52-76-64-62(75)60(73)63(56(51-68)78-64)79-65-61(74)59(72)58(71)55(50-67)77-65/h22,32,38,40,46,48,53-56,58-65,67-69,71-75H,3-21,23-31,33-37,39,41-45,47,49-52H2,1-2H3,(H,66,70)/b32-22+,40-38+,48-46+. The molecule has 0 aromatic carbocycles. The molecular weight excluding hydrogens is 1000 g/mol. The summed E-state index contributed by atoms with van der Waals surface area (Å²) in [6.07, 6.45) is 46.3. The average Bonchev–Trinajstić information content (AvgIpc) is 3.47. The number of hydrogen-bond donors (Lipinski definition) is 9. The number of amides is 1. The third-order valence-electron chi connectivity index (χ3n) is 16.1. The molecule has 9 N–H and O–H groups in total. The van der Waals surface area contributed by atoms with Gasteiger partial charge in [-0.1, -0.05) is 262 Å². The molecule has 0 aliphatic carbocycles. The minimum absolute atomic E-state index is 0.248. The number of allylic oxidation sites excluding steroid dienone is 5. The predicted molar refractivity (Wildman–Crippen MR) is 318 cm³/mol. The second kappa shape index (κ2) is 50.7. The summed E-state index contributed by atoms with van der Waals surface area (Å²) in [6, 6.07) is -0.936. The van der Waals surface area contributed by atoms with Crippen LogP contribution in [0.1, 0.15) is 277 Å². The van der Waals surface area contributed by atoms with E-state index in [1.165, 1.54) is 199 Å². The Morgan fingerprint density at radius 1 is 0.443 bits per heavy atom. The number of rotatable bonds is 53. The normalized spacial score (nSPS) is 24.6. The number of hydrogen-bond acceptors (Lipinski definition) is 13. The van der Waals surface area contributed by atoms with Gasteiger partial charge in [0.25, 0.3) is 0 Å². The van der Waals surface area contributed by atoms with Gasteiger partial charge in [-0.2, -0.15) is 0 Å². The van der Waals surface area contributed by atoms with Crippen molar-refractivity contribution in [3.05, 3.63) is 36.5 Å². The molecule has 2 rings (SSSR count). The summed E-state index contributed by atoms with van der Waals surface area (Å²) >= 11 is 0. The lowest BCUT2D eigenvalue weighted by Gasteiger charge is -2.46. The van der Waals surface area contributed by atoms with Crippen LogP contribution in [0.15, 0.2) is 36.5 Å². The fraction of sp³-hybridized carbons (Fsp3) is 0.892. The van der Waals surface area contributed by atoms with Gasteiger partial charge in [-0.3, -0.25) is 4.79 Å². The van der Waals surface area contributed by atoms with Crippen LogP contribution in [-0.4, -0.2) is 140 Å². The van der Waals surface area contributed by atoms with Crippen LogP contribution in [0.5, 0.6) is 0 Å². The number of nitrogens with one attached hydrogen (secondary N) is 1. The van der Waals surface area contributed by atoms with Crippen molar-refractivity contribution in [1.82, 2.24) is 5.32 Å². The van der Waals surface area contributed by atoms with E-state index in [1.54, 1.807) is 6.08 Å². The molecule has 0 radical (unpaired) electrons. The molecular formula is C65H121NO13. The Kier molecular flexibility index (Phi) is 47.0. The summed E-state index contributed by atoms with van der Waals surface area (Å²) in [5.41, 5.74) is 0. The lowest BCUT2D eigenvalue weighted by atomic mass is 9.97. The van der Waals surface area contributed by atoms with E-state index in [1.807, 2.05) is 6.08 Å². The van der Waals surface area contributed by atoms with E-state index < -0.39 is 86.8 Å². The lowest BCUT2D eigenvalue weighted by Crippen LogP contribution is -2.65. The summed E-state index contributed by atoms with van der Waals surface area (Å²) in [5, 5.41) is 87.2. The molecule has 2 saturated heterocycles. The van der Waals surface area contributed by atoms with Crippen LogP contribution in [0.25, 0.3) is 0 Å². The van der Waals surface area contributed by atoms with Crippen molar-refractivity contribution in [2.75, 3.05) is 19.8 Å². The molecule has 0 spiro atoms. The van der Waals surface area contributed by atoms with E-state index in [0.717, 1.165) is 44.9 Å². The fourth-order valence-electron chi connectivity index (χ4n) is 10.8. The van der Waals surface area contributed by atoms with Gasteiger partial charge >= 0.3 is 0 Å². The molecule has 0 aromatic rings. The molecule has 14 heteroatoms. The van der Waals surface area contributed by atoms with Gasteiger partial charge in [0.1, 0.15) is 48.8 Å². The second-order valence-electron chi connectivity index (χ2n) is 23.2. The third kappa shape index (κ3) is 35.8. The monoisotopic (exact) mass is 1120 g/mol. The number of unbranched alkanes of at least 4 members (excludes halogenated alkanes) is 36. The molecule has 0 bridgehead atoms. The molecule has 2 fully saturated rings. The number of aliphatic hydroxyl groups excluding tert-OH is 8. The van der Waals surface area contributed by atoms with Crippen molar-refractivity contribution in [1.29, 1.82) is 0 Å². The van der Waals surface area contributed by atoms with Gasteiger partial charge in [-0.15, -0.1) is 0 Å². The maximum absolute atomic E-state index is 13.3. The molecule has 79 heavy (non-hydrogen) atoms. The smallest absolute Gasteiger partial charge is 0.220 e. The minimum atomic E-state index is -1.79. The molecule has 1 amide bonds.